The molecule has 0 nitrogen and oxygen atoms in total. The molecule has 0 heterocycles. The van der Waals surface area contributed by atoms with Gasteiger partial charge in [-0.15, -0.1) is 0 Å². The van der Waals surface area contributed by atoms with Gasteiger partial charge in [-0.3, -0.25) is 0 Å². The fourth-order valence-electron chi connectivity index (χ4n) is 7.61. The van der Waals surface area contributed by atoms with E-state index in [1.165, 1.54) is 32.1 Å². The van der Waals surface area contributed by atoms with Crippen LogP contribution in [0.15, 0.2) is 12.2 Å². The Morgan fingerprint density at radius 2 is 1.86 bits per heavy atom. The first-order valence-electron chi connectivity index (χ1n) is 9.82. The molecule has 1 heteroatoms. The number of hydrogen-bond acceptors (Lipinski definition) is 0. The Kier molecular flexibility index (Phi) is 3.51. The summed E-state index contributed by atoms with van der Waals surface area (Å²) in [6.07, 6.45) is 14.1. The largest absolute Gasteiger partial charge is 0.247 e. The van der Waals surface area contributed by atoms with Crippen LogP contribution in [0, 0.1) is 40.4 Å². The molecule has 2 unspecified atom stereocenters. The van der Waals surface area contributed by atoms with Gasteiger partial charge >= 0.3 is 0 Å². The zero-order valence-electron chi connectivity index (χ0n) is 14.7. The van der Waals surface area contributed by atoms with Gasteiger partial charge in [0.25, 0.3) is 0 Å². The molecule has 0 radical (unpaired) electrons. The molecule has 3 saturated carbocycles. The molecule has 0 spiro atoms. The number of allylic oxidation sites excluding steroid dienone is 2. The summed E-state index contributed by atoms with van der Waals surface area (Å²) in [6, 6.07) is 0. The second-order valence-electron chi connectivity index (χ2n) is 9.31. The summed E-state index contributed by atoms with van der Waals surface area (Å²) in [5.41, 5.74) is 0.656. The summed E-state index contributed by atoms with van der Waals surface area (Å²) in [5, 5.41) is 0. The first-order chi connectivity index (χ1) is 10.5. The molecule has 0 aromatic heterocycles. The zero-order valence-corrected chi connectivity index (χ0v) is 14.7. The van der Waals surface area contributed by atoms with E-state index in [9.17, 15) is 0 Å². The molecule has 22 heavy (non-hydrogen) atoms. The van der Waals surface area contributed by atoms with Crippen LogP contribution in [0.2, 0.25) is 0 Å². The Bertz CT molecular complexity index is 469. The molecule has 0 amide bonds. The van der Waals surface area contributed by atoms with E-state index in [0.29, 0.717) is 17.3 Å². The van der Waals surface area contributed by atoms with Crippen molar-refractivity contribution in [3.8, 4) is 0 Å². The van der Waals surface area contributed by atoms with Crippen LogP contribution in [0.3, 0.4) is 0 Å². The summed E-state index contributed by atoms with van der Waals surface area (Å²) < 4.78 is 15.1. The van der Waals surface area contributed by atoms with E-state index in [1.54, 1.807) is 0 Å². The van der Waals surface area contributed by atoms with Crippen molar-refractivity contribution in [2.45, 2.75) is 78.3 Å². The molecular formula is C21H33F. The Morgan fingerprint density at radius 3 is 2.64 bits per heavy atom. The van der Waals surface area contributed by atoms with Crippen LogP contribution in [0.25, 0.3) is 0 Å². The van der Waals surface area contributed by atoms with Crippen LogP contribution in [-0.2, 0) is 0 Å². The number of halogens is 1. The van der Waals surface area contributed by atoms with E-state index in [1.807, 2.05) is 0 Å². The first-order valence-corrected chi connectivity index (χ1v) is 9.82. The topological polar surface area (TPSA) is 0 Å². The molecule has 4 rings (SSSR count). The van der Waals surface area contributed by atoms with Crippen LogP contribution >= 0.6 is 0 Å². The molecule has 124 valence electrons. The minimum atomic E-state index is -0.556. The van der Waals surface area contributed by atoms with Gasteiger partial charge in [0.05, 0.1) is 0 Å². The highest BCUT2D eigenvalue weighted by Crippen LogP contribution is 2.67. The van der Waals surface area contributed by atoms with Crippen LogP contribution in [-0.4, -0.2) is 6.17 Å². The fourth-order valence-corrected chi connectivity index (χ4v) is 7.61. The van der Waals surface area contributed by atoms with E-state index in [2.05, 4.69) is 32.9 Å². The van der Waals surface area contributed by atoms with Gasteiger partial charge in [-0.05, 0) is 85.4 Å². The second kappa shape index (κ2) is 5.08. The van der Waals surface area contributed by atoms with Crippen molar-refractivity contribution in [3.63, 3.8) is 0 Å². The number of hydrogen-bond donors (Lipinski definition) is 0. The maximum atomic E-state index is 15.1. The molecule has 0 aromatic carbocycles. The quantitative estimate of drug-likeness (QED) is 0.508. The van der Waals surface area contributed by atoms with Gasteiger partial charge in [0.2, 0.25) is 0 Å². The van der Waals surface area contributed by atoms with Crippen LogP contribution in [0.5, 0.6) is 0 Å². The van der Waals surface area contributed by atoms with Gasteiger partial charge in [0.1, 0.15) is 6.17 Å². The Balaban J connectivity index is 1.69. The van der Waals surface area contributed by atoms with Gasteiger partial charge in [-0.25, -0.2) is 4.39 Å². The lowest BCUT2D eigenvalue weighted by Gasteiger charge is -2.60. The fraction of sp³-hybridized carbons (Fsp3) is 0.905. The average molecular weight is 304 g/mol. The Hall–Kier alpha value is -0.330. The average Bonchev–Trinajstić information content (AvgIpc) is 2.84. The summed E-state index contributed by atoms with van der Waals surface area (Å²) >= 11 is 0. The van der Waals surface area contributed by atoms with E-state index >= 15 is 4.39 Å². The van der Waals surface area contributed by atoms with Crippen molar-refractivity contribution in [2.75, 3.05) is 0 Å². The molecule has 0 aromatic rings. The van der Waals surface area contributed by atoms with Crippen molar-refractivity contribution in [1.29, 1.82) is 0 Å². The standard InChI is InChI=1S/C21H33F/c1-4-14-8-9-16-15-13-19(22)18-7-5-6-11-21(18,3)17(15)10-12-20(14,16)2/h6,11,14-19H,4-5,7-10,12-13H2,1-3H3/t14-,15-,16-,17-,18?,19?,20+,21+/m0/s1. The highest BCUT2D eigenvalue weighted by Gasteiger charge is 2.60. The number of fused-ring (bicyclic) bond motifs is 5. The van der Waals surface area contributed by atoms with E-state index in [-0.39, 0.29) is 5.41 Å². The maximum absolute atomic E-state index is 15.1. The lowest BCUT2D eigenvalue weighted by atomic mass is 9.45. The zero-order chi connectivity index (χ0) is 15.5. The van der Waals surface area contributed by atoms with Gasteiger partial charge in [-0.2, -0.15) is 0 Å². The summed E-state index contributed by atoms with van der Waals surface area (Å²) in [7, 11) is 0. The third kappa shape index (κ3) is 1.86. The Morgan fingerprint density at radius 1 is 1.05 bits per heavy atom. The van der Waals surface area contributed by atoms with Gasteiger partial charge in [0.15, 0.2) is 0 Å². The minimum absolute atomic E-state index is 0.145. The molecule has 0 N–H and O–H groups in total. The van der Waals surface area contributed by atoms with Crippen molar-refractivity contribution < 1.29 is 4.39 Å². The summed E-state index contributed by atoms with van der Waals surface area (Å²) in [5.74, 6) is 3.38. The monoisotopic (exact) mass is 304 g/mol. The maximum Gasteiger partial charge on any atom is 0.104 e. The lowest BCUT2D eigenvalue weighted by molar-refractivity contribution is -0.109. The second-order valence-corrected chi connectivity index (χ2v) is 9.31. The highest BCUT2D eigenvalue weighted by atomic mass is 19.1. The molecule has 3 fully saturated rings. The SMILES string of the molecule is CC[C@H]1CC[C@H]2[C@@H]3CC(F)C4CCC=C[C@]4(C)[C@H]3CC[C@]12C. The van der Waals surface area contributed by atoms with E-state index in [4.69, 9.17) is 0 Å². The predicted octanol–water partition coefficient (Wildman–Crippen LogP) is 6.17. The summed E-state index contributed by atoms with van der Waals surface area (Å²) in [4.78, 5) is 0. The lowest BCUT2D eigenvalue weighted by Crippen LogP contribution is -2.55. The molecule has 4 aliphatic rings. The van der Waals surface area contributed by atoms with Gasteiger partial charge in [-0.1, -0.05) is 39.3 Å². The third-order valence-corrected chi connectivity index (χ3v) is 8.78. The molecule has 0 aliphatic heterocycles. The number of rotatable bonds is 1. The van der Waals surface area contributed by atoms with Crippen molar-refractivity contribution in [3.05, 3.63) is 12.2 Å². The molecule has 4 aliphatic carbocycles. The molecule has 0 bridgehead atoms. The Labute approximate surface area is 135 Å². The van der Waals surface area contributed by atoms with Crippen LogP contribution < -0.4 is 0 Å². The smallest absolute Gasteiger partial charge is 0.104 e. The number of alkyl halides is 1. The van der Waals surface area contributed by atoms with E-state index in [0.717, 1.165) is 37.0 Å². The highest BCUT2D eigenvalue weighted by molar-refractivity contribution is 5.17. The van der Waals surface area contributed by atoms with Crippen molar-refractivity contribution >= 4 is 0 Å². The van der Waals surface area contributed by atoms with E-state index < -0.39 is 6.17 Å². The normalized spacial score (nSPS) is 57.1. The summed E-state index contributed by atoms with van der Waals surface area (Å²) in [6.45, 7) is 7.31. The molecule has 0 saturated heterocycles. The third-order valence-electron chi connectivity index (χ3n) is 8.78. The van der Waals surface area contributed by atoms with Crippen LogP contribution in [0.1, 0.15) is 72.1 Å². The van der Waals surface area contributed by atoms with Gasteiger partial charge < -0.3 is 0 Å². The molecular weight excluding hydrogens is 271 g/mol. The first kappa shape index (κ1) is 15.2. The predicted molar refractivity (Wildman–Crippen MR) is 90.3 cm³/mol. The van der Waals surface area contributed by atoms with Crippen molar-refractivity contribution in [2.24, 2.45) is 40.4 Å². The molecule has 8 atom stereocenters. The van der Waals surface area contributed by atoms with Crippen LogP contribution in [0.4, 0.5) is 4.39 Å². The minimum Gasteiger partial charge on any atom is -0.247 e. The van der Waals surface area contributed by atoms with Crippen molar-refractivity contribution in [1.82, 2.24) is 0 Å². The van der Waals surface area contributed by atoms with Gasteiger partial charge in [0, 0.05) is 0 Å².